The van der Waals surface area contributed by atoms with E-state index in [1.165, 1.54) is 19.2 Å². The topological polar surface area (TPSA) is 55.4 Å². The number of halogens is 2. The van der Waals surface area contributed by atoms with Gasteiger partial charge < -0.3 is 10.1 Å². The van der Waals surface area contributed by atoms with Crippen molar-refractivity contribution in [2.45, 2.75) is 6.42 Å². The number of hydrogen-bond acceptors (Lipinski definition) is 3. The zero-order valence-electron chi connectivity index (χ0n) is 9.13. The molecule has 4 nitrogen and oxygen atoms in total. The van der Waals surface area contributed by atoms with Gasteiger partial charge in [-0.15, -0.1) is 11.6 Å². The molecule has 0 saturated carbocycles. The molecule has 0 heterocycles. The molecule has 0 radical (unpaired) electrons. The van der Waals surface area contributed by atoms with E-state index >= 15 is 0 Å². The highest BCUT2D eigenvalue weighted by Gasteiger charge is 2.12. The third-order valence-electron chi connectivity index (χ3n) is 1.98. The van der Waals surface area contributed by atoms with Crippen LogP contribution in [0.4, 0.5) is 5.69 Å². The number of alkyl halides is 1. The monoisotopic (exact) mass is 275 g/mol. The number of hydrogen-bond donors (Lipinski definition) is 1. The van der Waals surface area contributed by atoms with Gasteiger partial charge in [-0.05, 0) is 18.2 Å². The quantitative estimate of drug-likeness (QED) is 0.679. The summed E-state index contributed by atoms with van der Waals surface area (Å²) in [4.78, 5) is 22.7. The number of methoxy groups -OCH3 is 1. The molecule has 0 atom stereocenters. The van der Waals surface area contributed by atoms with E-state index in [4.69, 9.17) is 23.2 Å². The van der Waals surface area contributed by atoms with E-state index in [9.17, 15) is 9.59 Å². The molecule has 1 N–H and O–H groups in total. The number of ether oxygens (including phenoxy) is 1. The van der Waals surface area contributed by atoms with Crippen LogP contribution in [0, 0.1) is 0 Å². The van der Waals surface area contributed by atoms with Gasteiger partial charge in [-0.25, -0.2) is 4.79 Å². The largest absolute Gasteiger partial charge is 0.465 e. The Morgan fingerprint density at radius 1 is 1.41 bits per heavy atom. The first-order valence-corrected chi connectivity index (χ1v) is 5.73. The molecular formula is C11H11Cl2NO3. The van der Waals surface area contributed by atoms with Crippen molar-refractivity contribution in [3.63, 3.8) is 0 Å². The predicted octanol–water partition coefficient (Wildman–Crippen LogP) is 2.69. The number of carbonyl (C=O) groups is 2. The lowest BCUT2D eigenvalue weighted by Crippen LogP contribution is -2.12. The third-order valence-corrected chi connectivity index (χ3v) is 2.50. The summed E-state index contributed by atoms with van der Waals surface area (Å²) in [6, 6.07) is 4.57. The van der Waals surface area contributed by atoms with Crippen LogP contribution in [-0.4, -0.2) is 24.9 Å². The van der Waals surface area contributed by atoms with Crippen LogP contribution in [0.25, 0.3) is 0 Å². The summed E-state index contributed by atoms with van der Waals surface area (Å²) in [7, 11) is 1.26. The lowest BCUT2D eigenvalue weighted by atomic mass is 10.2. The van der Waals surface area contributed by atoms with Gasteiger partial charge in [0.25, 0.3) is 0 Å². The Morgan fingerprint density at radius 3 is 2.71 bits per heavy atom. The summed E-state index contributed by atoms with van der Waals surface area (Å²) in [6.45, 7) is 0. The molecule has 1 amide bonds. The van der Waals surface area contributed by atoms with Crippen LogP contribution in [0.3, 0.4) is 0 Å². The number of anilines is 1. The summed E-state index contributed by atoms with van der Waals surface area (Å²) >= 11 is 11.3. The minimum Gasteiger partial charge on any atom is -0.465 e. The van der Waals surface area contributed by atoms with Crippen molar-refractivity contribution < 1.29 is 14.3 Å². The molecule has 0 spiro atoms. The minimum atomic E-state index is -0.552. The summed E-state index contributed by atoms with van der Waals surface area (Å²) in [5.74, 6) is -0.537. The average molecular weight is 276 g/mol. The Hall–Kier alpha value is -1.26. The normalized spacial score (nSPS) is 9.82. The molecule has 0 aromatic heterocycles. The van der Waals surface area contributed by atoms with Crippen LogP contribution in [0.5, 0.6) is 0 Å². The fourth-order valence-corrected chi connectivity index (χ4v) is 1.55. The average Bonchev–Trinajstić information content (AvgIpc) is 2.31. The highest BCUT2D eigenvalue weighted by atomic mass is 35.5. The number of carbonyl (C=O) groups excluding carboxylic acids is 2. The van der Waals surface area contributed by atoms with Crippen LogP contribution in [0.2, 0.25) is 5.02 Å². The molecule has 1 aromatic carbocycles. The number of nitrogens with one attached hydrogen (secondary N) is 1. The van der Waals surface area contributed by atoms with Crippen LogP contribution in [-0.2, 0) is 9.53 Å². The van der Waals surface area contributed by atoms with E-state index in [1.807, 2.05) is 0 Å². The van der Waals surface area contributed by atoms with Crippen molar-refractivity contribution in [1.29, 1.82) is 0 Å². The van der Waals surface area contributed by atoms with E-state index in [1.54, 1.807) is 6.07 Å². The summed E-state index contributed by atoms with van der Waals surface area (Å²) < 4.78 is 4.57. The maximum Gasteiger partial charge on any atom is 0.339 e. The molecule has 1 rings (SSSR count). The van der Waals surface area contributed by atoms with Crippen LogP contribution < -0.4 is 5.32 Å². The van der Waals surface area contributed by atoms with Gasteiger partial charge in [-0.1, -0.05) is 11.6 Å². The van der Waals surface area contributed by atoms with Gasteiger partial charge in [-0.2, -0.15) is 0 Å². The molecule has 0 fully saturated rings. The molecule has 92 valence electrons. The number of amides is 1. The second-order valence-corrected chi connectivity index (χ2v) is 3.96. The number of rotatable bonds is 4. The van der Waals surface area contributed by atoms with Crippen molar-refractivity contribution >= 4 is 40.8 Å². The fourth-order valence-electron chi connectivity index (χ4n) is 1.18. The van der Waals surface area contributed by atoms with Gasteiger partial charge in [0, 0.05) is 18.0 Å². The predicted molar refractivity (Wildman–Crippen MR) is 66.8 cm³/mol. The molecular weight excluding hydrogens is 265 g/mol. The number of benzene rings is 1. The van der Waals surface area contributed by atoms with Crippen LogP contribution >= 0.6 is 23.2 Å². The standard InChI is InChI=1S/C11H11Cl2NO3/c1-17-11(16)8-6-7(2-3-9(8)13)14-10(15)4-5-12/h2-3,6H,4-5H2,1H3,(H,14,15). The first kappa shape index (κ1) is 13.8. The Kier molecular flexibility index (Phi) is 5.25. The molecule has 0 aliphatic heterocycles. The first-order valence-electron chi connectivity index (χ1n) is 4.82. The third kappa shape index (κ3) is 3.91. The van der Waals surface area contributed by atoms with Gasteiger partial charge in [0.15, 0.2) is 0 Å². The van der Waals surface area contributed by atoms with E-state index in [0.29, 0.717) is 5.69 Å². The molecule has 17 heavy (non-hydrogen) atoms. The zero-order valence-corrected chi connectivity index (χ0v) is 10.6. The first-order chi connectivity index (χ1) is 8.08. The van der Waals surface area contributed by atoms with Crippen molar-refractivity contribution in [3.05, 3.63) is 28.8 Å². The fraction of sp³-hybridized carbons (Fsp3) is 0.273. The molecule has 1 aromatic rings. The van der Waals surface area contributed by atoms with Crippen LogP contribution in [0.15, 0.2) is 18.2 Å². The lowest BCUT2D eigenvalue weighted by molar-refractivity contribution is -0.115. The van der Waals surface area contributed by atoms with E-state index in [0.717, 1.165) is 0 Å². The highest BCUT2D eigenvalue weighted by Crippen LogP contribution is 2.21. The van der Waals surface area contributed by atoms with E-state index in [-0.39, 0.29) is 28.8 Å². The zero-order chi connectivity index (χ0) is 12.8. The SMILES string of the molecule is COC(=O)c1cc(NC(=O)CCCl)ccc1Cl. The Labute approximate surface area is 109 Å². The van der Waals surface area contributed by atoms with Gasteiger partial charge >= 0.3 is 5.97 Å². The molecule has 6 heteroatoms. The van der Waals surface area contributed by atoms with Gasteiger partial charge in [0.2, 0.25) is 5.91 Å². The summed E-state index contributed by atoms with van der Waals surface area (Å²) in [6.07, 6.45) is 0.206. The minimum absolute atomic E-state index is 0.206. The van der Waals surface area contributed by atoms with E-state index in [2.05, 4.69) is 10.1 Å². The maximum atomic E-state index is 11.4. The molecule has 0 bridgehead atoms. The van der Waals surface area contributed by atoms with Crippen molar-refractivity contribution in [2.75, 3.05) is 18.3 Å². The smallest absolute Gasteiger partial charge is 0.339 e. The molecule has 0 aliphatic carbocycles. The molecule has 0 unspecified atom stereocenters. The lowest BCUT2D eigenvalue weighted by Gasteiger charge is -2.07. The van der Waals surface area contributed by atoms with E-state index < -0.39 is 5.97 Å². The second-order valence-electron chi connectivity index (χ2n) is 3.17. The Morgan fingerprint density at radius 2 is 2.12 bits per heavy atom. The van der Waals surface area contributed by atoms with Crippen molar-refractivity contribution in [1.82, 2.24) is 0 Å². The summed E-state index contributed by atoms with van der Waals surface area (Å²) in [5, 5.41) is 2.87. The second kappa shape index (κ2) is 6.47. The number of esters is 1. The molecule has 0 saturated heterocycles. The Balaban J connectivity index is 2.89. The molecule has 0 aliphatic rings. The van der Waals surface area contributed by atoms with Gasteiger partial charge in [-0.3, -0.25) is 4.79 Å². The summed E-state index contributed by atoms with van der Waals surface area (Å²) in [5.41, 5.74) is 0.683. The van der Waals surface area contributed by atoms with Gasteiger partial charge in [0.1, 0.15) is 0 Å². The van der Waals surface area contributed by atoms with Crippen molar-refractivity contribution in [2.24, 2.45) is 0 Å². The van der Waals surface area contributed by atoms with Crippen molar-refractivity contribution in [3.8, 4) is 0 Å². The van der Waals surface area contributed by atoms with Crippen LogP contribution in [0.1, 0.15) is 16.8 Å². The highest BCUT2D eigenvalue weighted by molar-refractivity contribution is 6.33. The van der Waals surface area contributed by atoms with Gasteiger partial charge in [0.05, 0.1) is 17.7 Å². The maximum absolute atomic E-state index is 11.4. The Bertz CT molecular complexity index is 435.